The van der Waals surface area contributed by atoms with Gasteiger partial charge in [0.15, 0.2) is 11.5 Å². The number of nitrogens with zero attached hydrogens (tertiary/aromatic N) is 2. The number of hydrogen-bond acceptors (Lipinski definition) is 4. The Morgan fingerprint density at radius 3 is 2.50 bits per heavy atom. The van der Waals surface area contributed by atoms with E-state index in [1.165, 1.54) is 57.1 Å². The Balaban J connectivity index is 1.34. The SMILES string of the molecule is CC12CCC(C1)C(C)(C)C2NC(=O)c1nn(C2CCCCC2)c2c1CC1(CC2)OCCO1. The van der Waals surface area contributed by atoms with Crippen LogP contribution in [0.5, 0.6) is 0 Å². The predicted molar refractivity (Wildman–Crippen MR) is 121 cm³/mol. The third kappa shape index (κ3) is 3.12. The van der Waals surface area contributed by atoms with Crippen LogP contribution in [0.3, 0.4) is 0 Å². The van der Waals surface area contributed by atoms with Crippen molar-refractivity contribution in [3.05, 3.63) is 17.0 Å². The van der Waals surface area contributed by atoms with Gasteiger partial charge >= 0.3 is 0 Å². The Morgan fingerprint density at radius 1 is 1.06 bits per heavy atom. The van der Waals surface area contributed by atoms with Crippen LogP contribution in [0.15, 0.2) is 0 Å². The maximum Gasteiger partial charge on any atom is 0.272 e. The van der Waals surface area contributed by atoms with E-state index in [-0.39, 0.29) is 22.8 Å². The van der Waals surface area contributed by atoms with Gasteiger partial charge < -0.3 is 14.8 Å². The van der Waals surface area contributed by atoms with Gasteiger partial charge in [-0.1, -0.05) is 40.0 Å². The van der Waals surface area contributed by atoms with E-state index in [2.05, 4.69) is 30.8 Å². The monoisotopic (exact) mass is 441 g/mol. The van der Waals surface area contributed by atoms with Crippen molar-refractivity contribution >= 4 is 5.91 Å². The van der Waals surface area contributed by atoms with Crippen LogP contribution in [0.2, 0.25) is 0 Å². The highest BCUT2D eigenvalue weighted by atomic mass is 16.7. The molecule has 1 spiro atoms. The van der Waals surface area contributed by atoms with E-state index < -0.39 is 5.79 Å². The summed E-state index contributed by atoms with van der Waals surface area (Å²) in [7, 11) is 0. The molecule has 4 aliphatic carbocycles. The molecule has 1 aromatic heterocycles. The number of carbonyl (C=O) groups is 1. The molecule has 1 amide bonds. The molecule has 3 saturated carbocycles. The minimum absolute atomic E-state index is 0.0118. The minimum Gasteiger partial charge on any atom is -0.347 e. The molecule has 2 heterocycles. The third-order valence-electron chi connectivity index (χ3n) is 9.80. The molecule has 0 aromatic carbocycles. The summed E-state index contributed by atoms with van der Waals surface area (Å²) in [6.45, 7) is 8.35. The summed E-state index contributed by atoms with van der Waals surface area (Å²) in [5, 5.41) is 8.54. The van der Waals surface area contributed by atoms with E-state index in [9.17, 15) is 4.79 Å². The first-order valence-corrected chi connectivity index (χ1v) is 13.0. The Morgan fingerprint density at radius 2 is 1.81 bits per heavy atom. The van der Waals surface area contributed by atoms with Gasteiger partial charge in [-0.3, -0.25) is 9.48 Å². The smallest absolute Gasteiger partial charge is 0.272 e. The van der Waals surface area contributed by atoms with Crippen molar-refractivity contribution in [1.29, 1.82) is 0 Å². The van der Waals surface area contributed by atoms with Gasteiger partial charge in [-0.05, 0) is 55.3 Å². The summed E-state index contributed by atoms with van der Waals surface area (Å²) in [4.78, 5) is 13.8. The number of hydrogen-bond donors (Lipinski definition) is 1. The molecular formula is C26H39N3O3. The molecule has 5 aliphatic rings. The van der Waals surface area contributed by atoms with Gasteiger partial charge in [0.25, 0.3) is 5.91 Å². The molecule has 1 aromatic rings. The highest BCUT2D eigenvalue weighted by Crippen LogP contribution is 2.62. The summed E-state index contributed by atoms with van der Waals surface area (Å²) in [5.41, 5.74) is 3.30. The number of amides is 1. The molecule has 6 nitrogen and oxygen atoms in total. The fourth-order valence-corrected chi connectivity index (χ4v) is 8.04. The molecule has 2 bridgehead atoms. The number of nitrogens with one attached hydrogen (secondary N) is 1. The fourth-order valence-electron chi connectivity index (χ4n) is 8.04. The third-order valence-corrected chi connectivity index (χ3v) is 9.80. The summed E-state index contributed by atoms with van der Waals surface area (Å²) >= 11 is 0. The highest BCUT2D eigenvalue weighted by Gasteiger charge is 2.60. The normalized spacial score (nSPS) is 35.3. The van der Waals surface area contributed by atoms with Gasteiger partial charge in [-0.2, -0.15) is 5.10 Å². The lowest BCUT2D eigenvalue weighted by Gasteiger charge is -2.43. The molecule has 1 aliphatic heterocycles. The maximum absolute atomic E-state index is 13.8. The second kappa shape index (κ2) is 7.30. The van der Waals surface area contributed by atoms with Crippen molar-refractivity contribution in [3.8, 4) is 0 Å². The zero-order valence-electron chi connectivity index (χ0n) is 20.0. The van der Waals surface area contributed by atoms with Crippen molar-refractivity contribution in [2.45, 2.75) is 109 Å². The van der Waals surface area contributed by atoms with Crippen LogP contribution in [0.1, 0.15) is 106 Å². The van der Waals surface area contributed by atoms with Crippen LogP contribution in [0, 0.1) is 16.7 Å². The molecule has 6 heteroatoms. The molecule has 3 unspecified atom stereocenters. The molecule has 0 radical (unpaired) electrons. The van der Waals surface area contributed by atoms with Gasteiger partial charge in [0.05, 0.1) is 19.3 Å². The summed E-state index contributed by atoms with van der Waals surface area (Å²) < 4.78 is 14.4. The van der Waals surface area contributed by atoms with E-state index in [1.807, 2.05) is 0 Å². The minimum atomic E-state index is -0.555. The van der Waals surface area contributed by atoms with Gasteiger partial charge in [0, 0.05) is 30.1 Å². The standard InChI is InChI=1S/C26H39N3O3/c1-24(2)17-9-11-25(3,15-17)23(24)27-22(30)21-19-16-26(31-13-14-32-26)12-10-20(19)29(28-21)18-7-5-4-6-8-18/h17-18,23H,4-16H2,1-3H3,(H,27,30). The molecule has 176 valence electrons. The lowest BCUT2D eigenvalue weighted by atomic mass is 9.68. The first-order valence-electron chi connectivity index (χ1n) is 13.0. The zero-order valence-corrected chi connectivity index (χ0v) is 20.0. The van der Waals surface area contributed by atoms with Gasteiger partial charge in [-0.25, -0.2) is 0 Å². The van der Waals surface area contributed by atoms with E-state index in [1.54, 1.807) is 0 Å². The molecule has 32 heavy (non-hydrogen) atoms. The average molecular weight is 442 g/mol. The van der Waals surface area contributed by atoms with Crippen LogP contribution < -0.4 is 5.32 Å². The molecule has 1 N–H and O–H groups in total. The number of fused-ring (bicyclic) bond motifs is 3. The van der Waals surface area contributed by atoms with Crippen LogP contribution in [0.4, 0.5) is 0 Å². The van der Waals surface area contributed by atoms with E-state index in [0.29, 0.717) is 37.3 Å². The molecule has 3 atom stereocenters. The second-order valence-electron chi connectivity index (χ2n) is 12.1. The number of carbonyl (C=O) groups excluding carboxylic acids is 1. The van der Waals surface area contributed by atoms with Crippen LogP contribution in [0.25, 0.3) is 0 Å². The molecule has 1 saturated heterocycles. The Bertz CT molecular complexity index is 905. The largest absolute Gasteiger partial charge is 0.347 e. The zero-order chi connectivity index (χ0) is 22.1. The van der Waals surface area contributed by atoms with Crippen LogP contribution in [-0.4, -0.2) is 40.7 Å². The van der Waals surface area contributed by atoms with Crippen molar-refractivity contribution < 1.29 is 14.3 Å². The Labute approximate surface area is 191 Å². The van der Waals surface area contributed by atoms with Gasteiger partial charge in [0.2, 0.25) is 0 Å². The Kier molecular flexibility index (Phi) is 4.82. The first kappa shape index (κ1) is 21.2. The van der Waals surface area contributed by atoms with Crippen molar-refractivity contribution in [2.75, 3.05) is 13.2 Å². The van der Waals surface area contributed by atoms with E-state index in [0.717, 1.165) is 18.4 Å². The van der Waals surface area contributed by atoms with Crippen LogP contribution >= 0.6 is 0 Å². The topological polar surface area (TPSA) is 65.4 Å². The maximum atomic E-state index is 13.8. The summed E-state index contributed by atoms with van der Waals surface area (Å²) in [6.07, 6.45) is 12.3. The van der Waals surface area contributed by atoms with Crippen molar-refractivity contribution in [2.24, 2.45) is 16.7 Å². The summed E-state index contributed by atoms with van der Waals surface area (Å²) in [5.74, 6) is 0.160. The Hall–Kier alpha value is -1.40. The van der Waals surface area contributed by atoms with Gasteiger partial charge in [-0.15, -0.1) is 0 Å². The molecule has 4 fully saturated rings. The van der Waals surface area contributed by atoms with Crippen molar-refractivity contribution in [1.82, 2.24) is 15.1 Å². The number of rotatable bonds is 3. The number of ether oxygens (including phenoxy) is 2. The molecule has 6 rings (SSSR count). The first-order chi connectivity index (χ1) is 15.3. The van der Waals surface area contributed by atoms with E-state index in [4.69, 9.17) is 14.6 Å². The average Bonchev–Trinajstić information content (AvgIpc) is 3.53. The number of aromatic nitrogens is 2. The summed E-state index contributed by atoms with van der Waals surface area (Å²) in [6, 6.07) is 0.628. The van der Waals surface area contributed by atoms with E-state index >= 15 is 0 Å². The fraction of sp³-hybridized carbons (Fsp3) is 0.846. The van der Waals surface area contributed by atoms with Gasteiger partial charge in [0.1, 0.15) is 0 Å². The van der Waals surface area contributed by atoms with Crippen molar-refractivity contribution in [3.63, 3.8) is 0 Å². The molecular weight excluding hydrogens is 402 g/mol. The lowest BCUT2D eigenvalue weighted by Crippen LogP contribution is -2.52. The van der Waals surface area contributed by atoms with Crippen LogP contribution in [-0.2, 0) is 22.3 Å². The lowest BCUT2D eigenvalue weighted by molar-refractivity contribution is -0.164. The predicted octanol–water partition coefficient (Wildman–Crippen LogP) is 4.56. The quantitative estimate of drug-likeness (QED) is 0.747. The second-order valence-corrected chi connectivity index (χ2v) is 12.1. The highest BCUT2D eigenvalue weighted by molar-refractivity contribution is 5.94.